The second-order valence-corrected chi connectivity index (χ2v) is 2.79. The Morgan fingerprint density at radius 1 is 1.06 bits per heavy atom. The minimum atomic E-state index is -0.513. The van der Waals surface area contributed by atoms with E-state index in [1.54, 1.807) is 13.8 Å². The van der Waals surface area contributed by atoms with Crippen LogP contribution in [0.3, 0.4) is 0 Å². The molecule has 0 spiro atoms. The van der Waals surface area contributed by atoms with Crippen LogP contribution in [0, 0.1) is 0 Å². The fourth-order valence-corrected chi connectivity index (χ4v) is 0.811. The minimum absolute atomic E-state index is 0.250. The van der Waals surface area contributed by atoms with Crippen molar-refractivity contribution in [2.75, 3.05) is 19.8 Å². The van der Waals surface area contributed by atoms with Gasteiger partial charge < -0.3 is 21.1 Å². The van der Waals surface area contributed by atoms with Crippen LogP contribution in [0.5, 0.6) is 0 Å². The van der Waals surface area contributed by atoms with Gasteiger partial charge >= 0.3 is 0 Å². The molecule has 1 unspecified atom stereocenters. The Balaban J connectivity index is 0. The Hall–Kier alpha value is -0.940. The largest absolute Gasteiger partial charge is 0.397 e. The van der Waals surface area contributed by atoms with Crippen molar-refractivity contribution >= 4 is 0 Å². The molecule has 0 amide bonds. The molecule has 16 heavy (non-hydrogen) atoms. The van der Waals surface area contributed by atoms with Gasteiger partial charge in [0.25, 0.3) is 0 Å². The van der Waals surface area contributed by atoms with Crippen molar-refractivity contribution in [1.82, 2.24) is 0 Å². The summed E-state index contributed by atoms with van der Waals surface area (Å²) < 4.78 is 0. The lowest BCUT2D eigenvalue weighted by atomic mass is 10.1. The van der Waals surface area contributed by atoms with Gasteiger partial charge in [-0.15, -0.1) is 0 Å². The average molecular weight is 229 g/mol. The Morgan fingerprint density at radius 3 is 1.75 bits per heavy atom. The number of aliphatic hydroxyl groups is 3. The van der Waals surface area contributed by atoms with E-state index >= 15 is 0 Å². The number of nitrogens with two attached hydrogens (primary N) is 1. The van der Waals surface area contributed by atoms with Crippen LogP contribution in [0.1, 0.15) is 25.5 Å². The highest BCUT2D eigenvalue weighted by Crippen LogP contribution is 2.08. The average Bonchev–Trinajstić information content (AvgIpc) is 2.31. The molecule has 0 heterocycles. The van der Waals surface area contributed by atoms with Gasteiger partial charge in [-0.25, -0.2) is 0 Å². The third kappa shape index (κ3) is 11.1. The van der Waals surface area contributed by atoms with Crippen LogP contribution in [-0.4, -0.2) is 35.1 Å². The van der Waals surface area contributed by atoms with Crippen LogP contribution in [0.15, 0.2) is 30.3 Å². The summed E-state index contributed by atoms with van der Waals surface area (Å²) >= 11 is 0. The lowest BCUT2D eigenvalue weighted by molar-refractivity contribution is 0.187. The molecule has 0 bridgehead atoms. The summed E-state index contributed by atoms with van der Waals surface area (Å²) in [5.74, 6) is 0. The summed E-state index contributed by atoms with van der Waals surface area (Å²) in [5, 5.41) is 24.3. The van der Waals surface area contributed by atoms with Gasteiger partial charge in [0, 0.05) is 19.8 Å². The molecule has 5 N–H and O–H groups in total. The van der Waals surface area contributed by atoms with Crippen molar-refractivity contribution in [3.05, 3.63) is 35.9 Å². The Morgan fingerprint density at radius 2 is 1.44 bits per heavy atom. The SMILES string of the molecule is CCO.CCO.NCC(O)c1ccccc1. The number of hydrogen-bond acceptors (Lipinski definition) is 4. The van der Waals surface area contributed by atoms with E-state index in [-0.39, 0.29) is 19.8 Å². The van der Waals surface area contributed by atoms with E-state index in [1.165, 1.54) is 0 Å². The van der Waals surface area contributed by atoms with Crippen molar-refractivity contribution in [2.24, 2.45) is 5.73 Å². The van der Waals surface area contributed by atoms with Crippen LogP contribution in [0.2, 0.25) is 0 Å². The lowest BCUT2D eigenvalue weighted by Crippen LogP contribution is -2.10. The monoisotopic (exact) mass is 229 g/mol. The summed E-state index contributed by atoms with van der Waals surface area (Å²) in [6.45, 7) is 4.14. The van der Waals surface area contributed by atoms with Crippen molar-refractivity contribution in [3.8, 4) is 0 Å². The highest BCUT2D eigenvalue weighted by Gasteiger charge is 2.01. The van der Waals surface area contributed by atoms with Gasteiger partial charge in [-0.05, 0) is 19.4 Å². The van der Waals surface area contributed by atoms with Gasteiger partial charge in [0.2, 0.25) is 0 Å². The highest BCUT2D eigenvalue weighted by atomic mass is 16.3. The minimum Gasteiger partial charge on any atom is -0.397 e. The van der Waals surface area contributed by atoms with Crippen molar-refractivity contribution in [1.29, 1.82) is 0 Å². The smallest absolute Gasteiger partial charge is 0.0912 e. The second kappa shape index (κ2) is 14.1. The zero-order valence-corrected chi connectivity index (χ0v) is 10.0. The van der Waals surface area contributed by atoms with Gasteiger partial charge in [-0.3, -0.25) is 0 Å². The summed E-state index contributed by atoms with van der Waals surface area (Å²) in [6.07, 6.45) is -0.513. The summed E-state index contributed by atoms with van der Waals surface area (Å²) in [4.78, 5) is 0. The van der Waals surface area contributed by atoms with E-state index < -0.39 is 6.10 Å². The molecule has 0 saturated heterocycles. The molecule has 1 aromatic carbocycles. The second-order valence-electron chi connectivity index (χ2n) is 2.79. The van der Waals surface area contributed by atoms with E-state index in [9.17, 15) is 5.11 Å². The third-order valence-corrected chi connectivity index (χ3v) is 1.41. The normalized spacial score (nSPS) is 10.4. The maximum atomic E-state index is 9.20. The van der Waals surface area contributed by atoms with Gasteiger partial charge in [0.15, 0.2) is 0 Å². The molecular weight excluding hydrogens is 206 g/mol. The van der Waals surface area contributed by atoms with Crippen LogP contribution in [0.4, 0.5) is 0 Å². The van der Waals surface area contributed by atoms with Gasteiger partial charge in [0.1, 0.15) is 0 Å². The van der Waals surface area contributed by atoms with E-state index in [1.807, 2.05) is 30.3 Å². The fraction of sp³-hybridized carbons (Fsp3) is 0.500. The maximum Gasteiger partial charge on any atom is 0.0912 e. The Labute approximate surface area is 97.4 Å². The Kier molecular flexibility index (Phi) is 15.3. The number of aliphatic hydroxyl groups excluding tert-OH is 3. The molecule has 0 saturated carbocycles. The zero-order chi connectivity index (χ0) is 12.8. The molecule has 94 valence electrons. The van der Waals surface area contributed by atoms with E-state index in [4.69, 9.17) is 15.9 Å². The number of benzene rings is 1. The summed E-state index contributed by atoms with van der Waals surface area (Å²) in [7, 11) is 0. The first kappa shape index (κ1) is 17.5. The molecule has 0 fully saturated rings. The highest BCUT2D eigenvalue weighted by molar-refractivity contribution is 5.17. The molecule has 4 nitrogen and oxygen atoms in total. The van der Waals surface area contributed by atoms with Gasteiger partial charge in [0.05, 0.1) is 6.10 Å². The molecule has 1 rings (SSSR count). The maximum absolute atomic E-state index is 9.20. The van der Waals surface area contributed by atoms with Gasteiger partial charge in [-0.1, -0.05) is 30.3 Å². The first-order chi connectivity index (χ1) is 7.67. The molecule has 4 heteroatoms. The van der Waals surface area contributed by atoms with E-state index in [0.717, 1.165) is 5.56 Å². The fourth-order valence-electron chi connectivity index (χ4n) is 0.811. The standard InChI is InChI=1S/C8H11NO.2C2H6O/c9-6-8(10)7-4-2-1-3-5-7;2*1-2-3/h1-5,8,10H,6,9H2;2*3H,2H2,1H3. The first-order valence-electron chi connectivity index (χ1n) is 5.32. The van der Waals surface area contributed by atoms with Gasteiger partial charge in [-0.2, -0.15) is 0 Å². The summed E-state index contributed by atoms with van der Waals surface area (Å²) in [6, 6.07) is 9.39. The van der Waals surface area contributed by atoms with Crippen molar-refractivity contribution in [2.45, 2.75) is 20.0 Å². The van der Waals surface area contributed by atoms with E-state index in [0.29, 0.717) is 0 Å². The molecule has 0 aliphatic heterocycles. The van der Waals surface area contributed by atoms with Crippen molar-refractivity contribution < 1.29 is 15.3 Å². The summed E-state index contributed by atoms with van der Waals surface area (Å²) in [5.41, 5.74) is 6.13. The third-order valence-electron chi connectivity index (χ3n) is 1.41. The van der Waals surface area contributed by atoms with E-state index in [2.05, 4.69) is 0 Å². The molecule has 0 radical (unpaired) electrons. The zero-order valence-electron chi connectivity index (χ0n) is 10.0. The molecular formula is C12H23NO3. The molecule has 0 aromatic heterocycles. The number of rotatable bonds is 2. The quantitative estimate of drug-likeness (QED) is 0.600. The molecule has 1 aromatic rings. The first-order valence-corrected chi connectivity index (χ1v) is 5.32. The van der Waals surface area contributed by atoms with Crippen LogP contribution in [0.25, 0.3) is 0 Å². The predicted octanol–water partition coefficient (Wildman–Crippen LogP) is 0.676. The molecule has 1 atom stereocenters. The number of hydrogen-bond donors (Lipinski definition) is 4. The Bertz CT molecular complexity index is 215. The molecule has 0 aliphatic carbocycles. The lowest BCUT2D eigenvalue weighted by Gasteiger charge is -2.05. The predicted molar refractivity (Wildman–Crippen MR) is 66.0 cm³/mol. The van der Waals surface area contributed by atoms with Crippen molar-refractivity contribution in [3.63, 3.8) is 0 Å². The topological polar surface area (TPSA) is 86.7 Å². The molecule has 0 aliphatic rings. The van der Waals surface area contributed by atoms with Crippen LogP contribution < -0.4 is 5.73 Å². The van der Waals surface area contributed by atoms with Crippen LogP contribution >= 0.6 is 0 Å². The van der Waals surface area contributed by atoms with Crippen LogP contribution in [-0.2, 0) is 0 Å².